The van der Waals surface area contributed by atoms with Crippen LogP contribution in [0, 0.1) is 6.92 Å². The van der Waals surface area contributed by atoms with Crippen LogP contribution < -0.4 is 10.2 Å². The number of aryl methyl sites for hydroxylation is 1. The quantitative estimate of drug-likeness (QED) is 0.924. The maximum Gasteiger partial charge on any atom is 0.265 e. The lowest BCUT2D eigenvalue weighted by Gasteiger charge is -2.33. The predicted molar refractivity (Wildman–Crippen MR) is 95.7 cm³/mol. The van der Waals surface area contributed by atoms with Gasteiger partial charge >= 0.3 is 0 Å². The van der Waals surface area contributed by atoms with Crippen LogP contribution in [-0.4, -0.2) is 32.2 Å². The maximum absolute atomic E-state index is 12.2. The molecule has 4 nitrogen and oxygen atoms in total. The van der Waals surface area contributed by atoms with Gasteiger partial charge in [-0.05, 0) is 61.0 Å². The van der Waals surface area contributed by atoms with Crippen molar-refractivity contribution in [3.63, 3.8) is 0 Å². The molecule has 0 radical (unpaired) electrons. The Hall–Kier alpha value is -1.85. The van der Waals surface area contributed by atoms with E-state index in [1.54, 1.807) is 7.11 Å². The molecule has 0 unspecified atom stereocenters. The lowest BCUT2D eigenvalue weighted by molar-refractivity contribution is 0.0893. The number of amides is 1. The molecule has 1 aliphatic rings. The summed E-state index contributed by atoms with van der Waals surface area (Å²) in [4.78, 5) is 15.2. The zero-order valence-corrected chi connectivity index (χ0v) is 14.4. The number of methoxy groups -OCH3 is 1. The zero-order valence-electron chi connectivity index (χ0n) is 13.5. The Balaban J connectivity index is 1.64. The molecule has 0 aliphatic carbocycles. The van der Waals surface area contributed by atoms with Crippen LogP contribution in [0.3, 0.4) is 0 Å². The third-order valence-electron chi connectivity index (χ3n) is 4.16. The second-order valence-corrected chi connectivity index (χ2v) is 6.85. The second kappa shape index (κ2) is 7.15. The Kier molecular flexibility index (Phi) is 4.98. The number of anilines is 2. The summed E-state index contributed by atoms with van der Waals surface area (Å²) in [5.41, 5.74) is 3.12. The molecule has 0 saturated carbocycles. The van der Waals surface area contributed by atoms with Crippen molar-refractivity contribution in [1.82, 2.24) is 0 Å². The van der Waals surface area contributed by atoms with Gasteiger partial charge in [0.15, 0.2) is 0 Å². The minimum absolute atomic E-state index is 0.0479. The number of nitrogens with one attached hydrogen (secondary N) is 1. The number of rotatable bonds is 4. The van der Waals surface area contributed by atoms with Crippen LogP contribution in [0.1, 0.15) is 28.1 Å². The Labute approximate surface area is 141 Å². The van der Waals surface area contributed by atoms with Crippen molar-refractivity contribution in [3.05, 3.63) is 46.2 Å². The van der Waals surface area contributed by atoms with E-state index in [0.29, 0.717) is 6.10 Å². The van der Waals surface area contributed by atoms with E-state index in [4.69, 9.17) is 4.74 Å². The van der Waals surface area contributed by atoms with Crippen LogP contribution in [0.2, 0.25) is 0 Å². The van der Waals surface area contributed by atoms with E-state index in [2.05, 4.69) is 22.3 Å². The molecule has 2 aromatic rings. The van der Waals surface area contributed by atoms with Gasteiger partial charge in [-0.25, -0.2) is 0 Å². The van der Waals surface area contributed by atoms with Crippen LogP contribution in [-0.2, 0) is 4.74 Å². The maximum atomic E-state index is 12.2. The highest BCUT2D eigenvalue weighted by atomic mass is 32.1. The molecule has 1 amide bonds. The SMILES string of the molecule is CO[C@H]1CCCN(c2ccc(NC(=O)c3cc(C)cs3)cc2)C1. The normalized spacial score (nSPS) is 18.0. The number of benzene rings is 1. The molecular formula is C18H22N2O2S. The fraction of sp³-hybridized carbons (Fsp3) is 0.389. The number of ether oxygens (including phenoxy) is 1. The minimum atomic E-state index is -0.0479. The van der Waals surface area contributed by atoms with Crippen LogP contribution in [0.15, 0.2) is 35.7 Å². The molecular weight excluding hydrogens is 308 g/mol. The second-order valence-electron chi connectivity index (χ2n) is 5.94. The number of hydrogen-bond acceptors (Lipinski definition) is 4. The van der Waals surface area contributed by atoms with Gasteiger partial charge in [0.25, 0.3) is 5.91 Å². The van der Waals surface area contributed by atoms with Gasteiger partial charge in [-0.2, -0.15) is 0 Å². The van der Waals surface area contributed by atoms with Gasteiger partial charge in [0, 0.05) is 31.6 Å². The van der Waals surface area contributed by atoms with E-state index < -0.39 is 0 Å². The van der Waals surface area contributed by atoms with E-state index >= 15 is 0 Å². The number of piperidine rings is 1. The Bertz CT molecular complexity index is 666. The standard InChI is InChI=1S/C18H22N2O2S/c1-13-10-17(23-12-13)18(21)19-14-5-7-15(8-6-14)20-9-3-4-16(11-20)22-2/h5-8,10,12,16H,3-4,9,11H2,1-2H3,(H,19,21)/t16-/m0/s1. The van der Waals surface area contributed by atoms with Gasteiger partial charge in [0.2, 0.25) is 0 Å². The molecule has 1 N–H and O–H groups in total. The predicted octanol–water partition coefficient (Wildman–Crippen LogP) is 3.92. The zero-order chi connectivity index (χ0) is 16.2. The van der Waals surface area contributed by atoms with E-state index in [1.165, 1.54) is 17.0 Å². The van der Waals surface area contributed by atoms with Crippen LogP contribution in [0.5, 0.6) is 0 Å². The van der Waals surface area contributed by atoms with Gasteiger partial charge in [-0.15, -0.1) is 11.3 Å². The highest BCUT2D eigenvalue weighted by Crippen LogP contribution is 2.23. The average molecular weight is 330 g/mol. The monoisotopic (exact) mass is 330 g/mol. The molecule has 3 rings (SSSR count). The summed E-state index contributed by atoms with van der Waals surface area (Å²) in [6.07, 6.45) is 2.58. The first-order chi connectivity index (χ1) is 11.2. The van der Waals surface area contributed by atoms with Crippen molar-refractivity contribution in [2.45, 2.75) is 25.9 Å². The van der Waals surface area contributed by atoms with Crippen molar-refractivity contribution < 1.29 is 9.53 Å². The number of thiophene rings is 1. The van der Waals surface area contributed by atoms with E-state index in [1.807, 2.05) is 30.5 Å². The molecule has 0 spiro atoms. The molecule has 2 heterocycles. The fourth-order valence-electron chi connectivity index (χ4n) is 2.86. The number of nitrogens with zero attached hydrogens (tertiary/aromatic N) is 1. The largest absolute Gasteiger partial charge is 0.380 e. The minimum Gasteiger partial charge on any atom is -0.380 e. The topological polar surface area (TPSA) is 41.6 Å². The Morgan fingerprint density at radius 3 is 2.78 bits per heavy atom. The van der Waals surface area contributed by atoms with Crippen molar-refractivity contribution in [2.24, 2.45) is 0 Å². The highest BCUT2D eigenvalue weighted by Gasteiger charge is 2.19. The summed E-state index contributed by atoms with van der Waals surface area (Å²) in [5.74, 6) is -0.0479. The van der Waals surface area contributed by atoms with E-state index in [0.717, 1.165) is 42.1 Å². The average Bonchev–Trinajstić information content (AvgIpc) is 3.02. The summed E-state index contributed by atoms with van der Waals surface area (Å²) < 4.78 is 5.47. The van der Waals surface area contributed by atoms with Gasteiger partial charge < -0.3 is 15.0 Å². The fourth-order valence-corrected chi connectivity index (χ4v) is 3.66. The first kappa shape index (κ1) is 16.0. The van der Waals surface area contributed by atoms with E-state index in [-0.39, 0.29) is 5.91 Å². The molecule has 1 saturated heterocycles. The lowest BCUT2D eigenvalue weighted by atomic mass is 10.1. The molecule has 0 bridgehead atoms. The lowest BCUT2D eigenvalue weighted by Crippen LogP contribution is -2.39. The Morgan fingerprint density at radius 2 is 2.13 bits per heavy atom. The molecule has 23 heavy (non-hydrogen) atoms. The highest BCUT2D eigenvalue weighted by molar-refractivity contribution is 7.12. The number of hydrogen-bond donors (Lipinski definition) is 1. The third kappa shape index (κ3) is 3.92. The summed E-state index contributed by atoms with van der Waals surface area (Å²) in [7, 11) is 1.78. The molecule has 122 valence electrons. The van der Waals surface area contributed by atoms with Crippen LogP contribution in [0.25, 0.3) is 0 Å². The van der Waals surface area contributed by atoms with Crippen molar-refractivity contribution in [2.75, 3.05) is 30.4 Å². The van der Waals surface area contributed by atoms with Crippen LogP contribution >= 0.6 is 11.3 Å². The molecule has 1 fully saturated rings. The summed E-state index contributed by atoms with van der Waals surface area (Å²) in [6.45, 7) is 3.98. The molecule has 1 atom stereocenters. The number of carbonyl (C=O) groups is 1. The van der Waals surface area contributed by atoms with Crippen molar-refractivity contribution in [1.29, 1.82) is 0 Å². The third-order valence-corrected chi connectivity index (χ3v) is 5.20. The van der Waals surface area contributed by atoms with E-state index in [9.17, 15) is 4.79 Å². The van der Waals surface area contributed by atoms with Gasteiger partial charge in [-0.3, -0.25) is 4.79 Å². The summed E-state index contributed by atoms with van der Waals surface area (Å²) in [6, 6.07) is 9.96. The molecule has 1 aromatic heterocycles. The van der Waals surface area contributed by atoms with Crippen molar-refractivity contribution >= 4 is 28.6 Å². The van der Waals surface area contributed by atoms with Crippen molar-refractivity contribution in [3.8, 4) is 0 Å². The first-order valence-electron chi connectivity index (χ1n) is 7.90. The Morgan fingerprint density at radius 1 is 1.35 bits per heavy atom. The van der Waals surface area contributed by atoms with Gasteiger partial charge in [-0.1, -0.05) is 0 Å². The smallest absolute Gasteiger partial charge is 0.265 e. The van der Waals surface area contributed by atoms with Gasteiger partial charge in [0.1, 0.15) is 0 Å². The molecule has 1 aromatic carbocycles. The van der Waals surface area contributed by atoms with Crippen LogP contribution in [0.4, 0.5) is 11.4 Å². The molecule has 1 aliphatic heterocycles. The summed E-state index contributed by atoms with van der Waals surface area (Å²) >= 11 is 1.47. The van der Waals surface area contributed by atoms with Gasteiger partial charge in [0.05, 0.1) is 11.0 Å². The first-order valence-corrected chi connectivity index (χ1v) is 8.78. The summed E-state index contributed by atoms with van der Waals surface area (Å²) in [5, 5.41) is 4.94. The number of carbonyl (C=O) groups excluding carboxylic acids is 1. The molecule has 5 heteroatoms.